The lowest BCUT2D eigenvalue weighted by Gasteiger charge is -2.33. The highest BCUT2D eigenvalue weighted by Crippen LogP contribution is 2.17. The van der Waals surface area contributed by atoms with Gasteiger partial charge in [0.1, 0.15) is 0 Å². The zero-order valence-electron chi connectivity index (χ0n) is 13.9. The molecule has 0 spiro atoms. The van der Waals surface area contributed by atoms with Crippen molar-refractivity contribution in [1.29, 1.82) is 0 Å². The number of piperidine rings is 1. The summed E-state index contributed by atoms with van der Waals surface area (Å²) < 4.78 is 28.9. The maximum absolute atomic E-state index is 12.3. The monoisotopic (exact) mass is 320 g/mol. The van der Waals surface area contributed by atoms with Gasteiger partial charge in [-0.2, -0.15) is 12.7 Å². The second-order valence-corrected chi connectivity index (χ2v) is 8.18. The van der Waals surface area contributed by atoms with Crippen LogP contribution < -0.4 is 10.5 Å². The summed E-state index contributed by atoms with van der Waals surface area (Å²) in [5.74, 6) is 0.290. The zero-order valence-corrected chi connectivity index (χ0v) is 14.7. The molecule has 0 aromatic rings. The van der Waals surface area contributed by atoms with Crippen LogP contribution in [0.4, 0.5) is 0 Å². The largest absolute Gasteiger partial charge is 0.330 e. The van der Waals surface area contributed by atoms with Crippen molar-refractivity contribution in [3.63, 3.8) is 0 Å². The van der Waals surface area contributed by atoms with E-state index in [1.165, 1.54) is 0 Å². The summed E-state index contributed by atoms with van der Waals surface area (Å²) in [6.45, 7) is 11.4. The average Bonchev–Trinajstić information content (AvgIpc) is 2.42. The molecule has 0 amide bonds. The Labute approximate surface area is 130 Å². The third-order valence-corrected chi connectivity index (χ3v) is 5.72. The minimum absolute atomic E-state index is 0.290. The molecule has 1 heterocycles. The molecule has 0 aliphatic carbocycles. The smallest absolute Gasteiger partial charge is 0.279 e. The van der Waals surface area contributed by atoms with Crippen LogP contribution in [0.1, 0.15) is 40.5 Å². The first kappa shape index (κ1) is 18.8. The van der Waals surface area contributed by atoms with E-state index >= 15 is 0 Å². The Balaban J connectivity index is 2.49. The molecule has 1 rings (SSSR count). The topological polar surface area (TPSA) is 78.7 Å². The fourth-order valence-electron chi connectivity index (χ4n) is 2.95. The molecular weight excluding hydrogens is 288 g/mol. The highest BCUT2D eigenvalue weighted by Gasteiger charge is 2.28. The van der Waals surface area contributed by atoms with E-state index in [0.717, 1.165) is 19.4 Å². The quantitative estimate of drug-likeness (QED) is 0.687. The SMILES string of the molecule is CC(C)N(CCNS(=O)(=O)N1CCCC(CN)C1)C(C)C. The van der Waals surface area contributed by atoms with Crippen molar-refractivity contribution in [3.8, 4) is 0 Å². The van der Waals surface area contributed by atoms with E-state index in [2.05, 4.69) is 37.3 Å². The fourth-order valence-corrected chi connectivity index (χ4v) is 4.25. The Hall–Kier alpha value is -0.210. The van der Waals surface area contributed by atoms with Gasteiger partial charge in [-0.05, 0) is 53.0 Å². The summed E-state index contributed by atoms with van der Waals surface area (Å²) >= 11 is 0. The number of hydrogen-bond acceptors (Lipinski definition) is 4. The van der Waals surface area contributed by atoms with Crippen molar-refractivity contribution in [2.75, 3.05) is 32.7 Å². The van der Waals surface area contributed by atoms with E-state index in [1.54, 1.807) is 4.31 Å². The van der Waals surface area contributed by atoms with Gasteiger partial charge >= 0.3 is 0 Å². The molecule has 0 aromatic heterocycles. The van der Waals surface area contributed by atoms with Crippen LogP contribution in [-0.2, 0) is 10.2 Å². The molecule has 7 heteroatoms. The van der Waals surface area contributed by atoms with Gasteiger partial charge in [0.25, 0.3) is 10.2 Å². The molecule has 21 heavy (non-hydrogen) atoms. The number of rotatable bonds is 8. The normalized spacial score (nSPS) is 21.6. The van der Waals surface area contributed by atoms with E-state index in [-0.39, 0.29) is 5.92 Å². The van der Waals surface area contributed by atoms with Crippen LogP contribution in [0.2, 0.25) is 0 Å². The van der Waals surface area contributed by atoms with Gasteiger partial charge in [-0.15, -0.1) is 0 Å². The number of nitrogens with one attached hydrogen (secondary N) is 1. The number of hydrogen-bond donors (Lipinski definition) is 2. The molecule has 126 valence electrons. The molecule has 1 unspecified atom stereocenters. The summed E-state index contributed by atoms with van der Waals surface area (Å²) in [5.41, 5.74) is 5.67. The van der Waals surface area contributed by atoms with Crippen LogP contribution in [0.25, 0.3) is 0 Å². The van der Waals surface area contributed by atoms with Gasteiger partial charge in [0.15, 0.2) is 0 Å². The van der Waals surface area contributed by atoms with E-state index in [4.69, 9.17) is 5.73 Å². The zero-order chi connectivity index (χ0) is 16.0. The van der Waals surface area contributed by atoms with Crippen LogP contribution in [-0.4, -0.2) is 62.4 Å². The summed E-state index contributed by atoms with van der Waals surface area (Å²) in [7, 11) is -3.37. The summed E-state index contributed by atoms with van der Waals surface area (Å²) in [6, 6.07) is 0.817. The van der Waals surface area contributed by atoms with Gasteiger partial charge in [0.2, 0.25) is 0 Å². The highest BCUT2D eigenvalue weighted by atomic mass is 32.2. The first-order valence-corrected chi connectivity index (χ1v) is 9.42. The van der Waals surface area contributed by atoms with Crippen molar-refractivity contribution < 1.29 is 8.42 Å². The standard InChI is InChI=1S/C14H32N4O2S/c1-12(2)18(13(3)4)9-7-16-21(19,20)17-8-5-6-14(10-15)11-17/h12-14,16H,5-11,15H2,1-4H3. The molecule has 0 radical (unpaired) electrons. The minimum atomic E-state index is -3.37. The molecule has 1 fully saturated rings. The van der Waals surface area contributed by atoms with Crippen molar-refractivity contribution in [1.82, 2.24) is 13.9 Å². The molecule has 6 nitrogen and oxygen atoms in total. The lowest BCUT2D eigenvalue weighted by molar-refractivity contribution is 0.178. The van der Waals surface area contributed by atoms with E-state index in [0.29, 0.717) is 38.3 Å². The van der Waals surface area contributed by atoms with Gasteiger partial charge in [-0.3, -0.25) is 4.90 Å². The van der Waals surface area contributed by atoms with Crippen molar-refractivity contribution >= 4 is 10.2 Å². The molecular formula is C14H32N4O2S. The van der Waals surface area contributed by atoms with E-state index in [9.17, 15) is 8.42 Å². The van der Waals surface area contributed by atoms with Crippen molar-refractivity contribution in [3.05, 3.63) is 0 Å². The van der Waals surface area contributed by atoms with E-state index < -0.39 is 10.2 Å². The molecule has 1 aliphatic rings. The van der Waals surface area contributed by atoms with E-state index in [1.807, 2.05) is 0 Å². The van der Waals surface area contributed by atoms with Crippen LogP contribution in [0, 0.1) is 5.92 Å². The summed E-state index contributed by atoms with van der Waals surface area (Å²) in [6.07, 6.45) is 1.92. The molecule has 0 bridgehead atoms. The molecule has 3 N–H and O–H groups in total. The highest BCUT2D eigenvalue weighted by molar-refractivity contribution is 7.87. The second-order valence-electron chi connectivity index (χ2n) is 6.43. The lowest BCUT2D eigenvalue weighted by atomic mass is 10.0. The first-order valence-electron chi connectivity index (χ1n) is 7.98. The van der Waals surface area contributed by atoms with Gasteiger partial charge in [0, 0.05) is 38.3 Å². The molecule has 0 saturated carbocycles. The lowest BCUT2D eigenvalue weighted by Crippen LogP contribution is -2.49. The molecule has 1 aliphatic heterocycles. The predicted molar refractivity (Wildman–Crippen MR) is 87.3 cm³/mol. The molecule has 1 atom stereocenters. The van der Waals surface area contributed by atoms with Gasteiger partial charge in [-0.1, -0.05) is 0 Å². The Morgan fingerprint density at radius 1 is 1.29 bits per heavy atom. The predicted octanol–water partition coefficient (Wildman–Crippen LogP) is 0.610. The van der Waals surface area contributed by atoms with Crippen LogP contribution in [0.3, 0.4) is 0 Å². The third kappa shape index (κ3) is 5.83. The third-order valence-electron chi connectivity index (χ3n) is 4.14. The van der Waals surface area contributed by atoms with Crippen LogP contribution in [0.5, 0.6) is 0 Å². The van der Waals surface area contributed by atoms with Gasteiger partial charge in [-0.25, -0.2) is 4.72 Å². The summed E-state index contributed by atoms with van der Waals surface area (Å²) in [4.78, 5) is 2.28. The van der Waals surface area contributed by atoms with Gasteiger partial charge < -0.3 is 5.73 Å². The second kappa shape index (κ2) is 8.43. The Morgan fingerprint density at radius 3 is 2.43 bits per heavy atom. The van der Waals surface area contributed by atoms with Gasteiger partial charge in [0.05, 0.1) is 0 Å². The number of nitrogens with two attached hydrogens (primary N) is 1. The van der Waals surface area contributed by atoms with Crippen LogP contribution in [0.15, 0.2) is 0 Å². The maximum atomic E-state index is 12.3. The summed E-state index contributed by atoms with van der Waals surface area (Å²) in [5, 5.41) is 0. The van der Waals surface area contributed by atoms with Crippen molar-refractivity contribution in [2.45, 2.75) is 52.6 Å². The van der Waals surface area contributed by atoms with Crippen molar-refractivity contribution in [2.24, 2.45) is 11.7 Å². The Morgan fingerprint density at radius 2 is 1.90 bits per heavy atom. The fraction of sp³-hybridized carbons (Fsp3) is 1.00. The Bertz CT molecular complexity index is 390. The average molecular weight is 321 g/mol. The van der Waals surface area contributed by atoms with Crippen LogP contribution >= 0.6 is 0 Å². The molecule has 0 aromatic carbocycles. The Kier molecular flexibility index (Phi) is 7.56. The first-order chi connectivity index (χ1) is 9.77. The minimum Gasteiger partial charge on any atom is -0.330 e. The maximum Gasteiger partial charge on any atom is 0.279 e. The number of nitrogens with zero attached hydrogens (tertiary/aromatic N) is 2. The molecule has 1 saturated heterocycles.